The number of aromatic nitrogens is 1. The minimum absolute atomic E-state index is 0.330. The van der Waals surface area contributed by atoms with Gasteiger partial charge in [-0.25, -0.2) is 4.98 Å². The van der Waals surface area contributed by atoms with Gasteiger partial charge in [0.25, 0.3) is 0 Å². The topological polar surface area (TPSA) is 33.1 Å². The van der Waals surface area contributed by atoms with Crippen molar-refractivity contribution in [3.05, 3.63) is 11.2 Å². The largest absolute Gasteiger partial charge is 0.498 e. The van der Waals surface area contributed by atoms with E-state index in [0.29, 0.717) is 11.0 Å². The molecule has 1 aromatic heterocycles. The van der Waals surface area contributed by atoms with Gasteiger partial charge in [-0.15, -0.1) is 0 Å². The van der Waals surface area contributed by atoms with Crippen LogP contribution in [0.5, 0.6) is 5.06 Å². The third kappa shape index (κ3) is 1.21. The van der Waals surface area contributed by atoms with Crippen molar-refractivity contribution in [3.8, 4) is 5.06 Å². The van der Waals surface area contributed by atoms with Crippen molar-refractivity contribution in [2.75, 3.05) is 0 Å². The zero-order chi connectivity index (χ0) is 6.85. The summed E-state index contributed by atoms with van der Waals surface area (Å²) >= 11 is 1.28. The molecule has 1 aromatic rings. The lowest BCUT2D eigenvalue weighted by Gasteiger charge is -1.97. The van der Waals surface area contributed by atoms with Crippen LogP contribution in [0.3, 0.4) is 0 Å². The van der Waals surface area contributed by atoms with E-state index < -0.39 is 0 Å². The molecule has 50 valence electrons. The quantitative estimate of drug-likeness (QED) is 0.652. The average Bonchev–Trinajstić information content (AvgIpc) is 2.13. The Balaban J connectivity index is 2.94. The van der Waals surface area contributed by atoms with Crippen molar-refractivity contribution in [1.82, 2.24) is 4.98 Å². The molecule has 1 rings (SSSR count). The predicted octanol–water partition coefficient (Wildman–Crippen LogP) is 1.97. The molecule has 2 nitrogen and oxygen atoms in total. The number of thiazole rings is 1. The molecular formula is C6H9NOS. The van der Waals surface area contributed by atoms with Crippen molar-refractivity contribution in [2.24, 2.45) is 0 Å². The van der Waals surface area contributed by atoms with Crippen LogP contribution in [0.25, 0.3) is 0 Å². The van der Waals surface area contributed by atoms with E-state index in [2.05, 4.69) is 4.98 Å². The van der Waals surface area contributed by atoms with Gasteiger partial charge in [-0.2, -0.15) is 0 Å². The van der Waals surface area contributed by atoms with Crippen LogP contribution in [0.2, 0.25) is 0 Å². The Morgan fingerprint density at radius 3 is 2.56 bits per heavy atom. The van der Waals surface area contributed by atoms with Crippen molar-refractivity contribution in [1.29, 1.82) is 0 Å². The van der Waals surface area contributed by atoms with E-state index >= 15 is 0 Å². The van der Waals surface area contributed by atoms with E-state index in [0.717, 1.165) is 5.69 Å². The van der Waals surface area contributed by atoms with Crippen molar-refractivity contribution >= 4 is 11.3 Å². The van der Waals surface area contributed by atoms with Gasteiger partial charge >= 0.3 is 0 Å². The molecule has 0 aliphatic rings. The SMILES string of the molecule is CC(C)c1ncsc1O. The fourth-order valence-electron chi connectivity index (χ4n) is 0.645. The van der Waals surface area contributed by atoms with Crippen LogP contribution >= 0.6 is 11.3 Å². The van der Waals surface area contributed by atoms with Gasteiger partial charge in [-0.1, -0.05) is 25.2 Å². The maximum atomic E-state index is 9.08. The van der Waals surface area contributed by atoms with E-state index in [1.165, 1.54) is 11.3 Å². The highest BCUT2D eigenvalue weighted by Crippen LogP contribution is 2.27. The van der Waals surface area contributed by atoms with Crippen LogP contribution in [-0.2, 0) is 0 Å². The minimum Gasteiger partial charge on any atom is -0.498 e. The fourth-order valence-corrected chi connectivity index (χ4v) is 1.32. The van der Waals surface area contributed by atoms with Crippen molar-refractivity contribution in [2.45, 2.75) is 19.8 Å². The smallest absolute Gasteiger partial charge is 0.195 e. The Labute approximate surface area is 58.2 Å². The first kappa shape index (κ1) is 6.55. The van der Waals surface area contributed by atoms with Gasteiger partial charge in [0, 0.05) is 5.92 Å². The molecule has 0 aromatic carbocycles. The molecule has 0 aliphatic carbocycles. The maximum Gasteiger partial charge on any atom is 0.195 e. The van der Waals surface area contributed by atoms with Crippen LogP contribution in [0.15, 0.2) is 5.51 Å². The van der Waals surface area contributed by atoms with E-state index in [4.69, 9.17) is 5.11 Å². The molecule has 0 spiro atoms. The van der Waals surface area contributed by atoms with Gasteiger partial charge in [0.15, 0.2) is 5.06 Å². The lowest BCUT2D eigenvalue weighted by atomic mass is 10.2. The molecule has 0 saturated heterocycles. The van der Waals surface area contributed by atoms with Crippen LogP contribution in [0, 0.1) is 0 Å². The highest BCUT2D eigenvalue weighted by Gasteiger charge is 2.06. The summed E-state index contributed by atoms with van der Waals surface area (Å²) in [7, 11) is 0. The van der Waals surface area contributed by atoms with E-state index in [1.54, 1.807) is 5.51 Å². The molecule has 9 heavy (non-hydrogen) atoms. The zero-order valence-electron chi connectivity index (χ0n) is 5.46. The molecule has 3 heteroatoms. The summed E-state index contributed by atoms with van der Waals surface area (Å²) in [5, 5.41) is 9.43. The lowest BCUT2D eigenvalue weighted by Crippen LogP contribution is -1.85. The Kier molecular flexibility index (Phi) is 1.71. The zero-order valence-corrected chi connectivity index (χ0v) is 6.27. The summed E-state index contributed by atoms with van der Waals surface area (Å²) in [6, 6.07) is 0. The highest BCUT2D eigenvalue weighted by atomic mass is 32.1. The normalized spacial score (nSPS) is 10.6. The maximum absolute atomic E-state index is 9.08. The Morgan fingerprint density at radius 1 is 1.67 bits per heavy atom. The molecule has 1 heterocycles. The Morgan fingerprint density at radius 2 is 2.33 bits per heavy atom. The molecule has 0 radical (unpaired) electrons. The molecule has 1 N–H and O–H groups in total. The van der Waals surface area contributed by atoms with Crippen LogP contribution in [0.4, 0.5) is 0 Å². The molecule has 0 aliphatic heterocycles. The predicted molar refractivity (Wildman–Crippen MR) is 37.9 cm³/mol. The molecule has 0 saturated carbocycles. The second-order valence-corrected chi connectivity index (χ2v) is 3.03. The molecule has 0 bridgehead atoms. The average molecular weight is 143 g/mol. The van der Waals surface area contributed by atoms with Crippen LogP contribution < -0.4 is 0 Å². The van der Waals surface area contributed by atoms with Gasteiger partial charge in [-0.05, 0) is 0 Å². The summed E-state index contributed by atoms with van der Waals surface area (Å²) in [6.07, 6.45) is 0. The third-order valence-corrected chi connectivity index (χ3v) is 1.77. The van der Waals surface area contributed by atoms with Crippen molar-refractivity contribution < 1.29 is 5.11 Å². The number of aromatic hydroxyl groups is 1. The number of nitrogens with zero attached hydrogens (tertiary/aromatic N) is 1. The molecular weight excluding hydrogens is 134 g/mol. The van der Waals surface area contributed by atoms with E-state index in [1.807, 2.05) is 13.8 Å². The second kappa shape index (κ2) is 2.35. The van der Waals surface area contributed by atoms with Crippen LogP contribution in [-0.4, -0.2) is 10.1 Å². The van der Waals surface area contributed by atoms with Gasteiger partial charge in [0.1, 0.15) is 0 Å². The first-order valence-electron chi connectivity index (χ1n) is 2.84. The fraction of sp³-hybridized carbons (Fsp3) is 0.500. The highest BCUT2D eigenvalue weighted by molar-refractivity contribution is 7.11. The summed E-state index contributed by atoms with van der Waals surface area (Å²) in [5.41, 5.74) is 2.46. The first-order valence-corrected chi connectivity index (χ1v) is 3.72. The summed E-state index contributed by atoms with van der Waals surface area (Å²) in [6.45, 7) is 4.02. The second-order valence-electron chi connectivity index (χ2n) is 2.20. The molecule has 0 atom stereocenters. The van der Waals surface area contributed by atoms with Gasteiger partial charge in [0.2, 0.25) is 0 Å². The number of hydrogen-bond acceptors (Lipinski definition) is 3. The van der Waals surface area contributed by atoms with Gasteiger partial charge in [-0.3, -0.25) is 0 Å². The minimum atomic E-state index is 0.330. The van der Waals surface area contributed by atoms with Gasteiger partial charge in [0.05, 0.1) is 11.2 Å². The standard InChI is InChI=1S/C6H9NOS/c1-4(2)5-6(8)9-3-7-5/h3-4,8H,1-2H3. The van der Waals surface area contributed by atoms with E-state index in [-0.39, 0.29) is 0 Å². The lowest BCUT2D eigenvalue weighted by molar-refractivity contribution is 0.478. The Bertz CT molecular complexity index is 195. The molecule has 0 fully saturated rings. The number of hydrogen-bond donors (Lipinski definition) is 1. The van der Waals surface area contributed by atoms with E-state index in [9.17, 15) is 0 Å². The Hall–Kier alpha value is -0.570. The molecule has 0 amide bonds. The summed E-state index contributed by atoms with van der Waals surface area (Å²) in [4.78, 5) is 3.98. The summed E-state index contributed by atoms with van der Waals surface area (Å²) in [5.74, 6) is 0.330. The number of rotatable bonds is 1. The molecule has 0 unspecified atom stereocenters. The van der Waals surface area contributed by atoms with Crippen LogP contribution in [0.1, 0.15) is 25.5 Å². The summed E-state index contributed by atoms with van der Waals surface area (Å²) < 4.78 is 0. The monoisotopic (exact) mass is 143 g/mol. The first-order chi connectivity index (χ1) is 4.22. The van der Waals surface area contributed by atoms with Crippen molar-refractivity contribution in [3.63, 3.8) is 0 Å². The third-order valence-electron chi connectivity index (χ3n) is 1.12. The van der Waals surface area contributed by atoms with Gasteiger partial charge < -0.3 is 5.11 Å².